The Kier molecular flexibility index (Phi) is 7.16. The molecule has 0 saturated carbocycles. The van der Waals surface area contributed by atoms with E-state index in [9.17, 15) is 9.59 Å². The van der Waals surface area contributed by atoms with Crippen LogP contribution in [0.2, 0.25) is 0 Å². The van der Waals surface area contributed by atoms with Crippen LogP contribution in [-0.4, -0.2) is 42.8 Å². The number of ketones is 1. The Labute approximate surface area is 148 Å². The molecular formula is C20H24N2O3. The van der Waals surface area contributed by atoms with Gasteiger partial charge in [0, 0.05) is 25.2 Å². The van der Waals surface area contributed by atoms with Crippen molar-refractivity contribution in [2.24, 2.45) is 5.73 Å². The van der Waals surface area contributed by atoms with Gasteiger partial charge in [-0.25, -0.2) is 0 Å². The molecule has 0 saturated heterocycles. The van der Waals surface area contributed by atoms with E-state index < -0.39 is 0 Å². The molecule has 2 N–H and O–H groups in total. The molecule has 0 aromatic heterocycles. The van der Waals surface area contributed by atoms with E-state index in [4.69, 9.17) is 10.5 Å². The summed E-state index contributed by atoms with van der Waals surface area (Å²) < 4.78 is 5.55. The SMILES string of the molecule is CC(=O)c1cccc(OCC(=O)N(CCN)CCc2ccccc2)c1. The first-order chi connectivity index (χ1) is 12.1. The van der Waals surface area contributed by atoms with Crippen molar-refractivity contribution in [1.82, 2.24) is 4.90 Å². The van der Waals surface area contributed by atoms with Crippen LogP contribution < -0.4 is 10.5 Å². The van der Waals surface area contributed by atoms with E-state index in [1.807, 2.05) is 30.3 Å². The first-order valence-electron chi connectivity index (χ1n) is 8.35. The predicted molar refractivity (Wildman–Crippen MR) is 97.7 cm³/mol. The zero-order chi connectivity index (χ0) is 18.1. The molecule has 0 heterocycles. The fourth-order valence-electron chi connectivity index (χ4n) is 2.47. The van der Waals surface area contributed by atoms with Gasteiger partial charge in [-0.1, -0.05) is 42.5 Å². The Morgan fingerprint density at radius 2 is 1.80 bits per heavy atom. The van der Waals surface area contributed by atoms with Gasteiger partial charge in [0.05, 0.1) is 0 Å². The molecule has 0 fully saturated rings. The summed E-state index contributed by atoms with van der Waals surface area (Å²) in [5.41, 5.74) is 7.36. The van der Waals surface area contributed by atoms with E-state index in [2.05, 4.69) is 0 Å². The first-order valence-corrected chi connectivity index (χ1v) is 8.35. The minimum Gasteiger partial charge on any atom is -0.484 e. The fraction of sp³-hybridized carbons (Fsp3) is 0.300. The minimum absolute atomic E-state index is 0.0376. The Morgan fingerprint density at radius 3 is 2.48 bits per heavy atom. The van der Waals surface area contributed by atoms with Crippen molar-refractivity contribution in [2.75, 3.05) is 26.2 Å². The number of nitrogens with two attached hydrogens (primary N) is 1. The molecule has 0 aliphatic carbocycles. The molecule has 2 rings (SSSR count). The number of amides is 1. The monoisotopic (exact) mass is 340 g/mol. The average molecular weight is 340 g/mol. The van der Waals surface area contributed by atoms with Crippen LogP contribution >= 0.6 is 0 Å². The number of hydrogen-bond acceptors (Lipinski definition) is 4. The summed E-state index contributed by atoms with van der Waals surface area (Å²) >= 11 is 0. The van der Waals surface area contributed by atoms with Gasteiger partial charge in [0.25, 0.3) is 5.91 Å². The molecule has 5 nitrogen and oxygen atoms in total. The Balaban J connectivity index is 1.91. The molecule has 2 aromatic rings. The van der Waals surface area contributed by atoms with E-state index in [-0.39, 0.29) is 18.3 Å². The highest BCUT2D eigenvalue weighted by atomic mass is 16.5. The van der Waals surface area contributed by atoms with Crippen LogP contribution in [0.15, 0.2) is 54.6 Å². The first kappa shape index (κ1) is 18.7. The lowest BCUT2D eigenvalue weighted by Gasteiger charge is -2.22. The molecule has 0 unspecified atom stereocenters. The highest BCUT2D eigenvalue weighted by Gasteiger charge is 2.14. The quantitative estimate of drug-likeness (QED) is 0.711. The van der Waals surface area contributed by atoms with E-state index in [0.717, 1.165) is 6.42 Å². The van der Waals surface area contributed by atoms with E-state index >= 15 is 0 Å². The molecule has 0 radical (unpaired) electrons. The van der Waals surface area contributed by atoms with Gasteiger partial charge in [-0.15, -0.1) is 0 Å². The highest BCUT2D eigenvalue weighted by molar-refractivity contribution is 5.94. The van der Waals surface area contributed by atoms with Crippen molar-refractivity contribution in [2.45, 2.75) is 13.3 Å². The summed E-state index contributed by atoms with van der Waals surface area (Å²) in [7, 11) is 0. The number of nitrogens with zero attached hydrogens (tertiary/aromatic N) is 1. The van der Waals surface area contributed by atoms with Crippen LogP contribution in [0.3, 0.4) is 0 Å². The molecule has 0 bridgehead atoms. The van der Waals surface area contributed by atoms with Gasteiger partial charge in [0.1, 0.15) is 5.75 Å². The molecule has 0 aliphatic heterocycles. The van der Waals surface area contributed by atoms with Crippen LogP contribution in [0.4, 0.5) is 0 Å². The maximum Gasteiger partial charge on any atom is 0.260 e. The van der Waals surface area contributed by atoms with Crippen LogP contribution in [0.5, 0.6) is 5.75 Å². The second kappa shape index (κ2) is 9.59. The third kappa shape index (κ3) is 6.04. The molecular weight excluding hydrogens is 316 g/mol. The second-order valence-electron chi connectivity index (χ2n) is 5.78. The third-order valence-corrected chi connectivity index (χ3v) is 3.87. The summed E-state index contributed by atoms with van der Waals surface area (Å²) in [5.74, 6) is 0.357. The van der Waals surface area contributed by atoms with Gasteiger partial charge >= 0.3 is 0 Å². The molecule has 2 aromatic carbocycles. The lowest BCUT2D eigenvalue weighted by Crippen LogP contribution is -2.39. The van der Waals surface area contributed by atoms with E-state index in [1.165, 1.54) is 12.5 Å². The molecule has 132 valence electrons. The number of benzene rings is 2. The molecule has 25 heavy (non-hydrogen) atoms. The molecule has 0 atom stereocenters. The van der Waals surface area contributed by atoms with Gasteiger partial charge in [0.15, 0.2) is 12.4 Å². The maximum absolute atomic E-state index is 12.4. The number of Topliss-reactive ketones (excluding diaryl/α,β-unsaturated/α-hetero) is 1. The van der Waals surface area contributed by atoms with Crippen LogP contribution in [0.25, 0.3) is 0 Å². The number of ether oxygens (including phenoxy) is 1. The standard InChI is InChI=1S/C20H24N2O3/c1-16(23)18-8-5-9-19(14-18)25-15-20(24)22(13-11-21)12-10-17-6-3-2-4-7-17/h2-9,14H,10-13,15,21H2,1H3. The Morgan fingerprint density at radius 1 is 1.04 bits per heavy atom. The van der Waals surface area contributed by atoms with Gasteiger partial charge in [-0.2, -0.15) is 0 Å². The van der Waals surface area contributed by atoms with Gasteiger partial charge in [-0.05, 0) is 31.0 Å². The number of rotatable bonds is 9. The smallest absolute Gasteiger partial charge is 0.260 e. The number of hydrogen-bond donors (Lipinski definition) is 1. The molecule has 0 spiro atoms. The van der Waals surface area contributed by atoms with Gasteiger partial charge in [0.2, 0.25) is 0 Å². The van der Waals surface area contributed by atoms with Gasteiger partial charge in [-0.3, -0.25) is 9.59 Å². The molecule has 5 heteroatoms. The van der Waals surface area contributed by atoms with Crippen molar-refractivity contribution < 1.29 is 14.3 Å². The zero-order valence-corrected chi connectivity index (χ0v) is 14.5. The van der Waals surface area contributed by atoms with Crippen LogP contribution in [0, 0.1) is 0 Å². The molecule has 1 amide bonds. The lowest BCUT2D eigenvalue weighted by atomic mass is 10.1. The summed E-state index contributed by atoms with van der Waals surface area (Å²) in [6.45, 7) is 2.91. The van der Waals surface area contributed by atoms with Crippen molar-refractivity contribution in [3.8, 4) is 5.75 Å². The van der Waals surface area contributed by atoms with Crippen molar-refractivity contribution in [1.29, 1.82) is 0 Å². The Bertz CT molecular complexity index is 701. The summed E-state index contributed by atoms with van der Waals surface area (Å²) in [6, 6.07) is 16.8. The largest absolute Gasteiger partial charge is 0.484 e. The van der Waals surface area contributed by atoms with Crippen molar-refractivity contribution in [3.05, 3.63) is 65.7 Å². The number of carbonyl (C=O) groups is 2. The van der Waals surface area contributed by atoms with Crippen LogP contribution in [-0.2, 0) is 11.2 Å². The van der Waals surface area contributed by atoms with Crippen molar-refractivity contribution in [3.63, 3.8) is 0 Å². The summed E-state index contributed by atoms with van der Waals surface area (Å²) in [6.07, 6.45) is 0.770. The van der Waals surface area contributed by atoms with Crippen LogP contribution in [0.1, 0.15) is 22.8 Å². The van der Waals surface area contributed by atoms with E-state index in [0.29, 0.717) is 30.9 Å². The summed E-state index contributed by atoms with van der Waals surface area (Å²) in [5, 5.41) is 0. The lowest BCUT2D eigenvalue weighted by molar-refractivity contribution is -0.133. The molecule has 0 aliphatic rings. The van der Waals surface area contributed by atoms with Gasteiger partial charge < -0.3 is 15.4 Å². The third-order valence-electron chi connectivity index (χ3n) is 3.87. The number of carbonyl (C=O) groups excluding carboxylic acids is 2. The maximum atomic E-state index is 12.4. The van der Waals surface area contributed by atoms with Crippen molar-refractivity contribution >= 4 is 11.7 Å². The topological polar surface area (TPSA) is 72.6 Å². The minimum atomic E-state index is -0.116. The fourth-order valence-corrected chi connectivity index (χ4v) is 2.47. The zero-order valence-electron chi connectivity index (χ0n) is 14.5. The second-order valence-corrected chi connectivity index (χ2v) is 5.78. The normalized spacial score (nSPS) is 10.3. The summed E-state index contributed by atoms with van der Waals surface area (Å²) in [4.78, 5) is 25.5. The average Bonchev–Trinajstić information content (AvgIpc) is 2.64. The highest BCUT2D eigenvalue weighted by Crippen LogP contribution is 2.14. The Hall–Kier alpha value is -2.66. The van der Waals surface area contributed by atoms with E-state index in [1.54, 1.807) is 29.2 Å². The predicted octanol–water partition coefficient (Wildman–Crippen LogP) is 2.30.